The molecule has 0 aliphatic rings. The first kappa shape index (κ1) is 22.1. The number of amides is 2. The van der Waals surface area contributed by atoms with Crippen LogP contribution in [0.5, 0.6) is 5.75 Å². The smallest absolute Gasteiger partial charge is 0.253 e. The summed E-state index contributed by atoms with van der Waals surface area (Å²) in [5.41, 5.74) is 1.48. The van der Waals surface area contributed by atoms with Crippen LogP contribution >= 0.6 is 0 Å². The van der Waals surface area contributed by atoms with Crippen molar-refractivity contribution in [1.82, 2.24) is 10.2 Å². The molecule has 0 radical (unpaired) electrons. The molecule has 2 amide bonds. The Morgan fingerprint density at radius 3 is 2.34 bits per heavy atom. The number of hydrogen-bond acceptors (Lipinski definition) is 5. The van der Waals surface area contributed by atoms with E-state index in [4.69, 9.17) is 0 Å². The van der Waals surface area contributed by atoms with Crippen molar-refractivity contribution in [2.24, 2.45) is 0 Å². The Morgan fingerprint density at radius 1 is 1.07 bits per heavy atom. The summed E-state index contributed by atoms with van der Waals surface area (Å²) in [6.07, 6.45) is -1.33. The predicted octanol–water partition coefficient (Wildman–Crippen LogP) is 1.45. The van der Waals surface area contributed by atoms with Gasteiger partial charge < -0.3 is 20.4 Å². The van der Waals surface area contributed by atoms with Gasteiger partial charge in [-0.2, -0.15) is 0 Å². The third-order valence-electron chi connectivity index (χ3n) is 4.63. The van der Waals surface area contributed by atoms with Crippen LogP contribution in [0, 0.1) is 6.92 Å². The van der Waals surface area contributed by atoms with Crippen LogP contribution in [0.25, 0.3) is 0 Å². The average Bonchev–Trinajstić information content (AvgIpc) is 2.68. The Kier molecular flexibility index (Phi) is 7.50. The molecule has 2 aromatic carbocycles. The van der Waals surface area contributed by atoms with Gasteiger partial charge in [-0.25, -0.2) is 0 Å². The minimum atomic E-state index is -1.54. The summed E-state index contributed by atoms with van der Waals surface area (Å²) >= 11 is 0. The maximum absolute atomic E-state index is 12.8. The number of likely N-dealkylation sites (N-methyl/N-ethyl adjacent to an activating group) is 1. The average molecular weight is 398 g/mol. The molecule has 0 heterocycles. The number of aliphatic hydroxyl groups is 1. The molecule has 0 aromatic heterocycles. The number of hydrogen-bond donors (Lipinski definition) is 3. The van der Waals surface area contributed by atoms with Crippen LogP contribution in [-0.4, -0.2) is 58.4 Å². The van der Waals surface area contributed by atoms with Gasteiger partial charge in [-0.15, -0.1) is 0 Å². The number of nitrogens with zero attached hydrogens (tertiary/aromatic N) is 1. The van der Waals surface area contributed by atoms with E-state index < -0.39 is 24.0 Å². The maximum Gasteiger partial charge on any atom is 0.253 e. The van der Waals surface area contributed by atoms with E-state index in [9.17, 15) is 24.6 Å². The highest BCUT2D eigenvalue weighted by Crippen LogP contribution is 2.20. The van der Waals surface area contributed by atoms with Gasteiger partial charge in [0.05, 0.1) is 12.6 Å². The molecule has 29 heavy (non-hydrogen) atoms. The number of aliphatic hydroxyl groups excluding tert-OH is 1. The number of benzene rings is 2. The predicted molar refractivity (Wildman–Crippen MR) is 109 cm³/mol. The summed E-state index contributed by atoms with van der Waals surface area (Å²) in [4.78, 5) is 37.8. The number of phenolic OH excluding ortho intramolecular Hbond substituents is 1. The normalized spacial score (nSPS) is 12.7. The molecule has 0 aliphatic heterocycles. The lowest BCUT2D eigenvalue weighted by Crippen LogP contribution is -2.52. The van der Waals surface area contributed by atoms with Gasteiger partial charge >= 0.3 is 0 Å². The van der Waals surface area contributed by atoms with Gasteiger partial charge in [-0.1, -0.05) is 36.4 Å². The van der Waals surface area contributed by atoms with E-state index in [0.29, 0.717) is 5.56 Å². The van der Waals surface area contributed by atoms with Crippen LogP contribution in [0.2, 0.25) is 0 Å². The molecule has 2 aromatic rings. The highest BCUT2D eigenvalue weighted by atomic mass is 16.3. The van der Waals surface area contributed by atoms with Crippen molar-refractivity contribution >= 4 is 17.6 Å². The highest BCUT2D eigenvalue weighted by Gasteiger charge is 2.31. The zero-order valence-electron chi connectivity index (χ0n) is 16.8. The first-order valence-corrected chi connectivity index (χ1v) is 9.26. The SMILES string of the molecule is CC(=O)CN(C)C(=O)C(O)C(Cc1ccccc1)NC(=O)c1cccc(O)c1C. The molecule has 0 fully saturated rings. The summed E-state index contributed by atoms with van der Waals surface area (Å²) in [6, 6.07) is 12.8. The molecular formula is C22H26N2O5. The van der Waals surface area contributed by atoms with E-state index >= 15 is 0 Å². The van der Waals surface area contributed by atoms with Crippen molar-refractivity contribution in [2.45, 2.75) is 32.4 Å². The van der Waals surface area contributed by atoms with Crippen LogP contribution < -0.4 is 5.32 Å². The lowest BCUT2D eigenvalue weighted by molar-refractivity contribution is -0.142. The van der Waals surface area contributed by atoms with Crippen molar-refractivity contribution in [3.63, 3.8) is 0 Å². The number of aromatic hydroxyl groups is 1. The molecule has 2 atom stereocenters. The lowest BCUT2D eigenvalue weighted by Gasteiger charge is -2.27. The molecule has 0 spiro atoms. The van der Waals surface area contributed by atoms with Crippen LogP contribution in [0.3, 0.4) is 0 Å². The van der Waals surface area contributed by atoms with E-state index in [0.717, 1.165) is 10.5 Å². The Balaban J connectivity index is 2.26. The van der Waals surface area contributed by atoms with Crippen molar-refractivity contribution < 1.29 is 24.6 Å². The molecule has 154 valence electrons. The Labute approximate surface area is 170 Å². The van der Waals surface area contributed by atoms with Crippen molar-refractivity contribution in [2.75, 3.05) is 13.6 Å². The molecule has 0 saturated heterocycles. The summed E-state index contributed by atoms with van der Waals surface area (Å²) < 4.78 is 0. The molecule has 3 N–H and O–H groups in total. The van der Waals surface area contributed by atoms with Crippen LogP contribution in [0.4, 0.5) is 0 Å². The second kappa shape index (κ2) is 9.84. The molecule has 7 nitrogen and oxygen atoms in total. The Bertz CT molecular complexity index is 882. The van der Waals surface area contributed by atoms with Gasteiger partial charge in [0.25, 0.3) is 11.8 Å². The van der Waals surface area contributed by atoms with Crippen LogP contribution in [-0.2, 0) is 16.0 Å². The molecule has 0 saturated carbocycles. The standard InChI is InChI=1S/C22H26N2O5/c1-14(25)13-24(3)22(29)20(27)18(12-16-8-5-4-6-9-16)23-21(28)17-10-7-11-19(26)15(17)2/h4-11,18,20,26-27H,12-13H2,1-3H3,(H,23,28). The number of carbonyl (C=O) groups excluding carboxylic acids is 3. The zero-order valence-corrected chi connectivity index (χ0v) is 16.8. The van der Waals surface area contributed by atoms with Gasteiger partial charge in [0.15, 0.2) is 6.10 Å². The first-order valence-electron chi connectivity index (χ1n) is 9.26. The second-order valence-electron chi connectivity index (χ2n) is 7.06. The number of ketones is 1. The van der Waals surface area contributed by atoms with Crippen LogP contribution in [0.1, 0.15) is 28.4 Å². The number of phenols is 1. The third kappa shape index (κ3) is 5.89. The third-order valence-corrected chi connectivity index (χ3v) is 4.63. The minimum Gasteiger partial charge on any atom is -0.508 e. The minimum absolute atomic E-state index is 0.0184. The lowest BCUT2D eigenvalue weighted by atomic mass is 9.99. The van der Waals surface area contributed by atoms with E-state index in [2.05, 4.69) is 5.32 Å². The van der Waals surface area contributed by atoms with E-state index in [1.165, 1.54) is 20.0 Å². The van der Waals surface area contributed by atoms with Crippen molar-refractivity contribution in [3.05, 3.63) is 65.2 Å². The van der Waals surface area contributed by atoms with E-state index in [-0.39, 0.29) is 30.1 Å². The van der Waals surface area contributed by atoms with Gasteiger partial charge in [-0.3, -0.25) is 14.4 Å². The molecule has 2 rings (SSSR count). The highest BCUT2D eigenvalue weighted by molar-refractivity contribution is 5.97. The topological polar surface area (TPSA) is 107 Å². The summed E-state index contributed by atoms with van der Waals surface area (Å²) in [6.45, 7) is 2.83. The monoisotopic (exact) mass is 398 g/mol. The van der Waals surface area contributed by atoms with E-state index in [1.807, 2.05) is 30.3 Å². The van der Waals surface area contributed by atoms with Crippen LogP contribution in [0.15, 0.2) is 48.5 Å². The molecule has 2 unspecified atom stereocenters. The molecule has 0 bridgehead atoms. The van der Waals surface area contributed by atoms with Crippen molar-refractivity contribution in [3.8, 4) is 5.75 Å². The number of rotatable bonds is 8. The Morgan fingerprint density at radius 2 is 1.72 bits per heavy atom. The fourth-order valence-electron chi connectivity index (χ4n) is 3.04. The number of nitrogens with one attached hydrogen (secondary N) is 1. The van der Waals surface area contributed by atoms with Gasteiger partial charge in [0, 0.05) is 18.2 Å². The quantitative estimate of drug-likeness (QED) is 0.624. The Hall–Kier alpha value is -3.19. The largest absolute Gasteiger partial charge is 0.508 e. The number of carbonyl (C=O) groups is 3. The van der Waals surface area contributed by atoms with Gasteiger partial charge in [-0.05, 0) is 38.0 Å². The molecule has 0 aliphatic carbocycles. The maximum atomic E-state index is 12.8. The molecular weight excluding hydrogens is 372 g/mol. The summed E-state index contributed by atoms with van der Waals surface area (Å²) in [7, 11) is 1.42. The summed E-state index contributed by atoms with van der Waals surface area (Å²) in [5.74, 6) is -1.41. The van der Waals surface area contributed by atoms with Crippen molar-refractivity contribution in [1.29, 1.82) is 0 Å². The second-order valence-corrected chi connectivity index (χ2v) is 7.06. The fraction of sp³-hybridized carbons (Fsp3) is 0.318. The summed E-state index contributed by atoms with van der Waals surface area (Å²) in [5, 5.41) is 23.2. The van der Waals surface area contributed by atoms with Gasteiger partial charge in [0.1, 0.15) is 11.5 Å². The number of Topliss-reactive ketones (excluding diaryl/α,β-unsaturated/α-hetero) is 1. The van der Waals surface area contributed by atoms with Gasteiger partial charge in [0.2, 0.25) is 0 Å². The van der Waals surface area contributed by atoms with E-state index in [1.54, 1.807) is 19.1 Å². The molecule has 7 heteroatoms. The zero-order chi connectivity index (χ0) is 21.6. The first-order chi connectivity index (χ1) is 13.7. The fourth-order valence-corrected chi connectivity index (χ4v) is 3.04.